The molecule has 0 unspecified atom stereocenters. The fraction of sp³-hybridized carbons (Fsp3) is 1.00. The molecule has 0 amide bonds. The van der Waals surface area contributed by atoms with Gasteiger partial charge in [-0.1, -0.05) is 81.2 Å². The Morgan fingerprint density at radius 1 is 1.08 bits per heavy atom. The van der Waals surface area contributed by atoms with Gasteiger partial charge in [0.15, 0.2) is 4.30 Å². The van der Waals surface area contributed by atoms with Crippen molar-refractivity contribution in [3.63, 3.8) is 0 Å². The fourth-order valence-corrected chi connectivity index (χ4v) is 0. The van der Waals surface area contributed by atoms with Gasteiger partial charge < -0.3 is 5.11 Å². The second-order valence-electron chi connectivity index (χ2n) is 0.992. The van der Waals surface area contributed by atoms with Gasteiger partial charge in [-0.05, 0) is 6.92 Å². The number of rotatable bonds is 0. The third kappa shape index (κ3) is 366. The fourth-order valence-electron chi connectivity index (χ4n) is 0. The van der Waals surface area contributed by atoms with Crippen LogP contribution in [-0.4, -0.2) is 19.3 Å². The molecule has 0 rings (SSSR count). The lowest BCUT2D eigenvalue weighted by molar-refractivity contribution is 0.318. The maximum atomic E-state index is 7.57. The molecule has 0 saturated heterocycles. The van der Waals surface area contributed by atoms with Crippen LogP contribution in [0.15, 0.2) is 0 Å². The summed E-state index contributed by atoms with van der Waals surface area (Å²) in [4.78, 5) is 0. The van der Waals surface area contributed by atoms with Gasteiger partial charge in [-0.2, -0.15) is 0 Å². The van der Waals surface area contributed by atoms with Crippen molar-refractivity contribution in [2.24, 2.45) is 0 Å². The molecule has 0 aromatic carbocycles. The molecule has 0 bridgehead atoms. The SMILES string of the molecule is CCO.ClC(Cl)(Cl)Cl.ClC(Cl)Cl. The summed E-state index contributed by atoms with van der Waals surface area (Å²) in [5, 5.41) is 7.57. The topological polar surface area (TPSA) is 20.2 Å². The summed E-state index contributed by atoms with van der Waals surface area (Å²) in [5.41, 5.74) is 0. The van der Waals surface area contributed by atoms with Crippen LogP contribution in [0.4, 0.5) is 0 Å². The normalized spacial score (nSPS) is 9.50. The third-order valence-electron chi connectivity index (χ3n) is 0. The number of hydrogen-bond donors (Lipinski definition) is 1. The minimum Gasteiger partial charge on any atom is -0.397 e. The van der Waals surface area contributed by atoms with Crippen LogP contribution >= 0.6 is 81.2 Å². The number of hydrogen-bond acceptors (Lipinski definition) is 1. The molecule has 12 heavy (non-hydrogen) atoms. The highest BCUT2D eigenvalue weighted by molar-refractivity contribution is 6.83. The summed E-state index contributed by atoms with van der Waals surface area (Å²) in [6.45, 7) is 1.93. The highest BCUT2D eigenvalue weighted by Crippen LogP contribution is 2.29. The van der Waals surface area contributed by atoms with Gasteiger partial charge in [0.2, 0.25) is 0 Å². The molecule has 78 valence electrons. The second kappa shape index (κ2) is 13.0. The summed E-state index contributed by atoms with van der Waals surface area (Å²) in [6.07, 6.45) is 0. The van der Waals surface area contributed by atoms with Crippen LogP contribution in [0.1, 0.15) is 6.92 Å². The van der Waals surface area contributed by atoms with Crippen molar-refractivity contribution in [3.05, 3.63) is 0 Å². The van der Waals surface area contributed by atoms with E-state index in [0.717, 1.165) is 0 Å². The van der Waals surface area contributed by atoms with Crippen molar-refractivity contribution >= 4 is 81.2 Å². The van der Waals surface area contributed by atoms with E-state index in [1.165, 1.54) is 0 Å². The van der Waals surface area contributed by atoms with Gasteiger partial charge in [-0.25, -0.2) is 0 Å². The molecule has 0 radical (unpaired) electrons. The van der Waals surface area contributed by atoms with Crippen molar-refractivity contribution < 1.29 is 5.11 Å². The van der Waals surface area contributed by atoms with Crippen molar-refractivity contribution in [3.8, 4) is 0 Å². The Morgan fingerprint density at radius 3 is 1.08 bits per heavy atom. The molecule has 0 fully saturated rings. The average Bonchev–Trinajstić information content (AvgIpc) is 1.56. The molecular formula is C4H7Cl7O. The number of aliphatic hydroxyl groups excluding tert-OH is 1. The van der Waals surface area contributed by atoms with Crippen molar-refractivity contribution in [2.75, 3.05) is 6.61 Å². The molecule has 0 aromatic rings. The highest BCUT2D eigenvalue weighted by atomic mass is 35.6. The lowest BCUT2D eigenvalue weighted by Gasteiger charge is -1.91. The molecule has 0 aliphatic carbocycles. The Morgan fingerprint density at radius 2 is 1.08 bits per heavy atom. The van der Waals surface area contributed by atoms with E-state index in [2.05, 4.69) is 0 Å². The lowest BCUT2D eigenvalue weighted by atomic mass is 10.9. The Labute approximate surface area is 107 Å². The van der Waals surface area contributed by atoms with E-state index in [1.807, 2.05) is 0 Å². The van der Waals surface area contributed by atoms with Gasteiger partial charge in [0.25, 0.3) is 3.25 Å². The first-order valence-electron chi connectivity index (χ1n) is 2.43. The van der Waals surface area contributed by atoms with Crippen LogP contribution in [0, 0.1) is 0 Å². The monoisotopic (exact) mass is 316 g/mol. The summed E-state index contributed by atoms with van der Waals surface area (Å²) in [7, 11) is 0. The van der Waals surface area contributed by atoms with E-state index in [4.69, 9.17) is 86.3 Å². The van der Waals surface area contributed by atoms with Crippen LogP contribution in [0.3, 0.4) is 0 Å². The number of aliphatic hydroxyl groups is 1. The van der Waals surface area contributed by atoms with Crippen molar-refractivity contribution in [2.45, 2.75) is 14.5 Å². The quantitative estimate of drug-likeness (QED) is 0.650. The molecule has 1 N–H and O–H groups in total. The second-order valence-corrected chi connectivity index (χ2v) is 6.40. The van der Waals surface area contributed by atoms with E-state index < -0.39 is 7.55 Å². The van der Waals surface area contributed by atoms with Gasteiger partial charge >= 0.3 is 0 Å². The molecule has 0 spiro atoms. The van der Waals surface area contributed by atoms with E-state index >= 15 is 0 Å². The molecule has 0 atom stereocenters. The number of alkyl halides is 7. The average molecular weight is 319 g/mol. The van der Waals surface area contributed by atoms with Crippen molar-refractivity contribution in [1.82, 2.24) is 0 Å². The third-order valence-corrected chi connectivity index (χ3v) is 0. The summed E-state index contributed by atoms with van der Waals surface area (Å²) in [5.74, 6) is 0. The molecule has 0 heterocycles. The first-order valence-corrected chi connectivity index (χ1v) is 5.26. The largest absolute Gasteiger partial charge is 0.397 e. The maximum Gasteiger partial charge on any atom is 0.266 e. The smallest absolute Gasteiger partial charge is 0.266 e. The zero-order valence-electron chi connectivity index (χ0n) is 5.88. The molecule has 1 nitrogen and oxygen atoms in total. The molecule has 8 heteroatoms. The summed E-state index contributed by atoms with van der Waals surface area (Å²) >= 11 is 33.7. The van der Waals surface area contributed by atoms with Crippen LogP contribution in [0.25, 0.3) is 0 Å². The van der Waals surface area contributed by atoms with E-state index in [0.29, 0.717) is 0 Å². The minimum atomic E-state index is -1.61. The Hall–Kier alpha value is 1.99. The molecule has 0 aliphatic heterocycles. The van der Waals surface area contributed by atoms with E-state index in [1.54, 1.807) is 6.92 Å². The predicted molar refractivity (Wildman–Crippen MR) is 60.2 cm³/mol. The number of halogens is 7. The lowest BCUT2D eigenvalue weighted by Crippen LogP contribution is -1.81. The highest BCUT2D eigenvalue weighted by Gasteiger charge is 2.11. The van der Waals surface area contributed by atoms with Crippen LogP contribution in [-0.2, 0) is 0 Å². The van der Waals surface area contributed by atoms with Crippen LogP contribution in [0.2, 0.25) is 0 Å². The molecule has 0 aromatic heterocycles. The summed E-state index contributed by atoms with van der Waals surface area (Å²) in [6, 6.07) is 0. The van der Waals surface area contributed by atoms with Crippen molar-refractivity contribution in [1.29, 1.82) is 0 Å². The molecule has 0 aliphatic rings. The van der Waals surface area contributed by atoms with E-state index in [-0.39, 0.29) is 6.61 Å². The van der Waals surface area contributed by atoms with Gasteiger partial charge in [-0.3, -0.25) is 0 Å². The van der Waals surface area contributed by atoms with Gasteiger partial charge in [0, 0.05) is 6.61 Å². The van der Waals surface area contributed by atoms with Gasteiger partial charge in [-0.15, -0.1) is 0 Å². The zero-order valence-corrected chi connectivity index (χ0v) is 11.2. The Balaban J connectivity index is -0.000000105. The zero-order chi connectivity index (χ0) is 10.8. The van der Waals surface area contributed by atoms with E-state index in [9.17, 15) is 0 Å². The maximum absolute atomic E-state index is 7.57. The van der Waals surface area contributed by atoms with Crippen LogP contribution < -0.4 is 0 Å². The van der Waals surface area contributed by atoms with Gasteiger partial charge in [0.05, 0.1) is 0 Å². The first-order chi connectivity index (χ1) is 5.15. The van der Waals surface area contributed by atoms with Gasteiger partial charge in [0.1, 0.15) is 0 Å². The standard InChI is InChI=1S/C2H6O.CCl4.CHCl3/c1-2-3;2-1(3,4)5;2-1(3)4/h3H,2H2,1H3;;1H. The van der Waals surface area contributed by atoms with Crippen LogP contribution in [0.5, 0.6) is 0 Å². The molecular weight excluding hydrogens is 312 g/mol. The predicted octanol–water partition coefficient (Wildman–Crippen LogP) is 4.54. The Kier molecular flexibility index (Phi) is 21.2. The minimum absolute atomic E-state index is 0.250. The first kappa shape index (κ1) is 19.5. The Bertz CT molecular complexity index is 61.5. The molecule has 0 saturated carbocycles. The summed E-state index contributed by atoms with van der Waals surface area (Å²) < 4.78 is -2.36.